The van der Waals surface area contributed by atoms with Gasteiger partial charge in [0.2, 0.25) is 0 Å². The van der Waals surface area contributed by atoms with E-state index in [0.29, 0.717) is 0 Å². The van der Waals surface area contributed by atoms with Crippen molar-refractivity contribution in [2.75, 3.05) is 0 Å². The SMILES string of the molecule is CC(=O)O.CC(=O)O.Cc1ccccc1C. The molecule has 0 saturated heterocycles. The van der Waals surface area contributed by atoms with E-state index >= 15 is 0 Å². The minimum Gasteiger partial charge on any atom is -0.481 e. The van der Waals surface area contributed by atoms with E-state index < -0.39 is 11.9 Å². The van der Waals surface area contributed by atoms with Gasteiger partial charge in [0.15, 0.2) is 0 Å². The highest BCUT2D eigenvalue weighted by Crippen LogP contribution is 2.02. The number of carboxylic acid groups (broad SMARTS) is 2. The summed E-state index contributed by atoms with van der Waals surface area (Å²) < 4.78 is 0. The number of carbonyl (C=O) groups is 2. The van der Waals surface area contributed by atoms with Crippen molar-refractivity contribution in [2.24, 2.45) is 0 Å². The van der Waals surface area contributed by atoms with Crippen molar-refractivity contribution >= 4 is 11.9 Å². The molecule has 4 nitrogen and oxygen atoms in total. The number of aliphatic carboxylic acids is 2. The molecule has 0 aliphatic carbocycles. The third kappa shape index (κ3) is 18.0. The molecule has 0 amide bonds. The first kappa shape index (κ1) is 16.6. The molecule has 16 heavy (non-hydrogen) atoms. The molecule has 90 valence electrons. The zero-order valence-electron chi connectivity index (χ0n) is 10.0. The van der Waals surface area contributed by atoms with Crippen LogP contribution in [-0.2, 0) is 9.59 Å². The van der Waals surface area contributed by atoms with Crippen LogP contribution in [0.25, 0.3) is 0 Å². The van der Waals surface area contributed by atoms with Gasteiger partial charge in [-0.25, -0.2) is 0 Å². The van der Waals surface area contributed by atoms with Crippen LogP contribution in [0.1, 0.15) is 25.0 Å². The molecule has 0 fully saturated rings. The van der Waals surface area contributed by atoms with Gasteiger partial charge in [0.25, 0.3) is 11.9 Å². The van der Waals surface area contributed by atoms with Gasteiger partial charge < -0.3 is 10.2 Å². The molecule has 0 bridgehead atoms. The first-order chi connectivity index (χ1) is 7.27. The molecule has 0 aromatic heterocycles. The summed E-state index contributed by atoms with van der Waals surface area (Å²) in [5.74, 6) is -1.67. The lowest BCUT2D eigenvalue weighted by Gasteiger charge is -1.93. The van der Waals surface area contributed by atoms with Gasteiger partial charge in [0, 0.05) is 13.8 Å². The first-order valence-corrected chi connectivity index (χ1v) is 4.68. The van der Waals surface area contributed by atoms with Crippen LogP contribution in [0.2, 0.25) is 0 Å². The monoisotopic (exact) mass is 226 g/mol. The van der Waals surface area contributed by atoms with E-state index in [1.54, 1.807) is 0 Å². The van der Waals surface area contributed by atoms with Crippen LogP contribution in [0.5, 0.6) is 0 Å². The highest BCUT2D eigenvalue weighted by molar-refractivity contribution is 5.63. The zero-order chi connectivity index (χ0) is 13.1. The van der Waals surface area contributed by atoms with E-state index in [9.17, 15) is 0 Å². The van der Waals surface area contributed by atoms with Crippen LogP contribution < -0.4 is 0 Å². The van der Waals surface area contributed by atoms with Crippen LogP contribution in [0, 0.1) is 13.8 Å². The predicted molar refractivity (Wildman–Crippen MR) is 62.5 cm³/mol. The summed E-state index contributed by atoms with van der Waals surface area (Å²) in [4.78, 5) is 18.0. The fourth-order valence-electron chi connectivity index (χ4n) is 0.663. The van der Waals surface area contributed by atoms with Crippen molar-refractivity contribution in [1.82, 2.24) is 0 Å². The summed E-state index contributed by atoms with van der Waals surface area (Å²) in [7, 11) is 0. The van der Waals surface area contributed by atoms with E-state index in [-0.39, 0.29) is 0 Å². The quantitative estimate of drug-likeness (QED) is 0.712. The summed E-state index contributed by atoms with van der Waals surface area (Å²) in [6, 6.07) is 8.36. The predicted octanol–water partition coefficient (Wildman–Crippen LogP) is 2.49. The molecule has 0 saturated carbocycles. The molecular weight excluding hydrogens is 208 g/mol. The lowest BCUT2D eigenvalue weighted by Crippen LogP contribution is -1.78. The summed E-state index contributed by atoms with van der Waals surface area (Å²) in [6.07, 6.45) is 0. The Hall–Kier alpha value is -1.84. The Kier molecular flexibility index (Phi) is 10.1. The minimum atomic E-state index is -0.833. The number of carboxylic acids is 2. The standard InChI is InChI=1S/C8H10.2C2H4O2/c1-7-5-3-4-6-8(7)2;2*1-2(3)4/h3-6H,1-2H3;2*1H3,(H,3,4). The highest BCUT2D eigenvalue weighted by atomic mass is 16.4. The third-order valence-electron chi connectivity index (χ3n) is 1.43. The largest absolute Gasteiger partial charge is 0.481 e. The molecule has 0 unspecified atom stereocenters. The van der Waals surface area contributed by atoms with Crippen LogP contribution in [0.4, 0.5) is 0 Å². The second-order valence-electron chi connectivity index (χ2n) is 3.12. The number of rotatable bonds is 0. The first-order valence-electron chi connectivity index (χ1n) is 4.68. The smallest absolute Gasteiger partial charge is 0.300 e. The molecule has 1 aromatic rings. The highest BCUT2D eigenvalue weighted by Gasteiger charge is 1.83. The van der Waals surface area contributed by atoms with Gasteiger partial charge >= 0.3 is 0 Å². The van der Waals surface area contributed by atoms with Crippen molar-refractivity contribution in [3.63, 3.8) is 0 Å². The Morgan fingerprint density at radius 3 is 1.19 bits per heavy atom. The zero-order valence-corrected chi connectivity index (χ0v) is 10.0. The van der Waals surface area contributed by atoms with Crippen molar-refractivity contribution in [3.05, 3.63) is 35.4 Å². The topological polar surface area (TPSA) is 74.6 Å². The Morgan fingerprint density at radius 2 is 1.06 bits per heavy atom. The Bertz CT molecular complexity index is 291. The van der Waals surface area contributed by atoms with Crippen LogP contribution >= 0.6 is 0 Å². The summed E-state index contributed by atoms with van der Waals surface area (Å²) in [6.45, 7) is 6.41. The van der Waals surface area contributed by atoms with Gasteiger partial charge in [-0.3, -0.25) is 9.59 Å². The second kappa shape index (κ2) is 9.71. The van der Waals surface area contributed by atoms with Crippen molar-refractivity contribution in [3.8, 4) is 0 Å². The lowest BCUT2D eigenvalue weighted by atomic mass is 10.1. The molecular formula is C12H18O4. The van der Waals surface area contributed by atoms with Gasteiger partial charge in [-0.15, -0.1) is 0 Å². The maximum atomic E-state index is 9.00. The van der Waals surface area contributed by atoms with E-state index in [1.165, 1.54) is 11.1 Å². The van der Waals surface area contributed by atoms with E-state index in [1.807, 2.05) is 0 Å². The van der Waals surface area contributed by atoms with Crippen molar-refractivity contribution in [2.45, 2.75) is 27.7 Å². The second-order valence-corrected chi connectivity index (χ2v) is 3.12. The van der Waals surface area contributed by atoms with Gasteiger partial charge in [0.05, 0.1) is 0 Å². The van der Waals surface area contributed by atoms with Crippen molar-refractivity contribution < 1.29 is 19.8 Å². The van der Waals surface area contributed by atoms with Gasteiger partial charge in [-0.1, -0.05) is 24.3 Å². The van der Waals surface area contributed by atoms with Gasteiger partial charge in [-0.2, -0.15) is 0 Å². The van der Waals surface area contributed by atoms with Crippen LogP contribution in [-0.4, -0.2) is 22.2 Å². The maximum Gasteiger partial charge on any atom is 0.300 e. The van der Waals surface area contributed by atoms with E-state index in [0.717, 1.165) is 13.8 Å². The number of benzene rings is 1. The molecule has 0 heterocycles. The molecule has 1 aromatic carbocycles. The molecule has 0 aliphatic heterocycles. The molecule has 0 atom stereocenters. The maximum absolute atomic E-state index is 9.00. The number of hydrogen-bond acceptors (Lipinski definition) is 2. The molecule has 2 N–H and O–H groups in total. The molecule has 0 radical (unpaired) electrons. The Labute approximate surface area is 95.5 Å². The third-order valence-corrected chi connectivity index (χ3v) is 1.43. The average molecular weight is 226 g/mol. The number of hydrogen-bond donors (Lipinski definition) is 2. The normalized spacial score (nSPS) is 7.75. The van der Waals surface area contributed by atoms with Crippen LogP contribution in [0.3, 0.4) is 0 Å². The molecule has 4 heteroatoms. The van der Waals surface area contributed by atoms with Gasteiger partial charge in [0.1, 0.15) is 0 Å². The molecule has 0 spiro atoms. The fourth-order valence-corrected chi connectivity index (χ4v) is 0.663. The molecule has 1 rings (SSSR count). The molecule has 0 aliphatic rings. The number of aryl methyl sites for hydroxylation is 2. The van der Waals surface area contributed by atoms with E-state index in [4.69, 9.17) is 19.8 Å². The average Bonchev–Trinajstić information content (AvgIpc) is 2.08. The lowest BCUT2D eigenvalue weighted by molar-refractivity contribution is -0.135. The summed E-state index contributed by atoms with van der Waals surface area (Å²) >= 11 is 0. The summed E-state index contributed by atoms with van der Waals surface area (Å²) in [5, 5.41) is 14.8. The Balaban J connectivity index is 0. The fraction of sp³-hybridized carbons (Fsp3) is 0.333. The van der Waals surface area contributed by atoms with Crippen LogP contribution in [0.15, 0.2) is 24.3 Å². The minimum absolute atomic E-state index is 0.833. The summed E-state index contributed by atoms with van der Waals surface area (Å²) in [5.41, 5.74) is 2.74. The van der Waals surface area contributed by atoms with Crippen molar-refractivity contribution in [1.29, 1.82) is 0 Å². The van der Waals surface area contributed by atoms with E-state index in [2.05, 4.69) is 38.1 Å². The van der Waals surface area contributed by atoms with Gasteiger partial charge in [-0.05, 0) is 25.0 Å². The Morgan fingerprint density at radius 1 is 0.875 bits per heavy atom.